The Labute approximate surface area is 111 Å². The Morgan fingerprint density at radius 2 is 2.16 bits per heavy atom. The first-order chi connectivity index (χ1) is 9.15. The summed E-state index contributed by atoms with van der Waals surface area (Å²) in [5.41, 5.74) is 0.980. The van der Waals surface area contributed by atoms with E-state index in [1.54, 1.807) is 4.90 Å². The third kappa shape index (κ3) is 2.14. The smallest absolute Gasteiger partial charge is 0.312 e. The van der Waals surface area contributed by atoms with Crippen molar-refractivity contribution in [2.24, 2.45) is 0 Å². The number of amides is 2. The van der Waals surface area contributed by atoms with Gasteiger partial charge in [-0.3, -0.25) is 9.59 Å². The number of anilines is 1. The number of carbonyl (C=O) groups excluding carboxylic acids is 2. The van der Waals surface area contributed by atoms with Crippen LogP contribution in [0.2, 0.25) is 0 Å². The average molecular weight is 260 g/mol. The molecule has 6 heteroatoms. The highest BCUT2D eigenvalue weighted by Crippen LogP contribution is 2.18. The van der Waals surface area contributed by atoms with Crippen LogP contribution < -0.4 is 10.2 Å². The van der Waals surface area contributed by atoms with Gasteiger partial charge in [-0.05, 0) is 19.1 Å². The number of nitrogens with zero attached hydrogens (tertiary/aromatic N) is 3. The first-order valence-corrected chi connectivity index (χ1v) is 6.42. The molecule has 2 aliphatic rings. The fourth-order valence-electron chi connectivity index (χ4n) is 2.63. The Bertz CT molecular complexity index is 531. The molecule has 2 fully saturated rings. The number of pyridine rings is 1. The number of fused-ring (bicyclic) bond motifs is 1. The molecule has 1 N–H and O–H groups in total. The van der Waals surface area contributed by atoms with E-state index >= 15 is 0 Å². The normalized spacial score (nSPS) is 23.1. The van der Waals surface area contributed by atoms with Crippen molar-refractivity contribution >= 4 is 17.6 Å². The Kier molecular flexibility index (Phi) is 2.85. The predicted molar refractivity (Wildman–Crippen MR) is 69.7 cm³/mol. The minimum Gasteiger partial charge on any atom is -0.353 e. The van der Waals surface area contributed by atoms with Crippen LogP contribution in [0.3, 0.4) is 0 Å². The summed E-state index contributed by atoms with van der Waals surface area (Å²) < 4.78 is 0. The molecule has 1 atom stereocenters. The second kappa shape index (κ2) is 4.53. The molecule has 2 saturated heterocycles. The van der Waals surface area contributed by atoms with Crippen molar-refractivity contribution in [2.45, 2.75) is 13.0 Å². The van der Waals surface area contributed by atoms with Gasteiger partial charge < -0.3 is 15.1 Å². The minimum absolute atomic E-state index is 0.0428. The zero-order chi connectivity index (χ0) is 13.4. The maximum absolute atomic E-state index is 11.7. The Morgan fingerprint density at radius 3 is 2.95 bits per heavy atom. The van der Waals surface area contributed by atoms with Crippen LogP contribution in [0.1, 0.15) is 5.69 Å². The molecule has 0 aliphatic carbocycles. The van der Waals surface area contributed by atoms with Crippen LogP contribution in [0.15, 0.2) is 18.2 Å². The predicted octanol–water partition coefficient (Wildman–Crippen LogP) is -0.463. The molecule has 0 radical (unpaired) electrons. The number of aryl methyl sites for hydroxylation is 1. The molecule has 0 aromatic carbocycles. The van der Waals surface area contributed by atoms with Gasteiger partial charge in [0, 0.05) is 31.9 Å². The Balaban J connectivity index is 1.76. The first-order valence-electron chi connectivity index (χ1n) is 6.42. The van der Waals surface area contributed by atoms with Crippen LogP contribution in [0.5, 0.6) is 0 Å². The summed E-state index contributed by atoms with van der Waals surface area (Å²) in [7, 11) is 0. The number of nitrogens with one attached hydrogen (secondary N) is 1. The molecule has 1 aromatic rings. The highest BCUT2D eigenvalue weighted by Gasteiger charge is 2.37. The van der Waals surface area contributed by atoms with E-state index in [-0.39, 0.29) is 6.04 Å². The number of rotatable bonds is 1. The summed E-state index contributed by atoms with van der Waals surface area (Å²) in [5, 5.41) is 2.64. The number of hydrogen-bond donors (Lipinski definition) is 1. The van der Waals surface area contributed by atoms with E-state index in [1.165, 1.54) is 0 Å². The molecule has 19 heavy (non-hydrogen) atoms. The average Bonchev–Trinajstić information content (AvgIpc) is 2.43. The van der Waals surface area contributed by atoms with Crippen molar-refractivity contribution in [3.05, 3.63) is 23.9 Å². The van der Waals surface area contributed by atoms with Gasteiger partial charge in [0.05, 0.1) is 6.04 Å². The second-order valence-electron chi connectivity index (χ2n) is 4.95. The lowest BCUT2D eigenvalue weighted by Gasteiger charge is -2.43. The van der Waals surface area contributed by atoms with E-state index in [0.29, 0.717) is 26.2 Å². The van der Waals surface area contributed by atoms with Gasteiger partial charge in [0.25, 0.3) is 0 Å². The molecular weight excluding hydrogens is 244 g/mol. The van der Waals surface area contributed by atoms with Crippen molar-refractivity contribution in [3.8, 4) is 0 Å². The molecule has 3 rings (SSSR count). The summed E-state index contributed by atoms with van der Waals surface area (Å²) in [5.74, 6) is 0.0375. The van der Waals surface area contributed by atoms with E-state index in [1.807, 2.05) is 25.1 Å². The van der Waals surface area contributed by atoms with Crippen molar-refractivity contribution < 1.29 is 9.59 Å². The van der Waals surface area contributed by atoms with Gasteiger partial charge in [-0.1, -0.05) is 6.07 Å². The van der Waals surface area contributed by atoms with E-state index in [9.17, 15) is 9.59 Å². The zero-order valence-electron chi connectivity index (χ0n) is 10.8. The largest absolute Gasteiger partial charge is 0.353 e. The lowest BCUT2D eigenvalue weighted by atomic mass is 10.1. The van der Waals surface area contributed by atoms with Gasteiger partial charge in [0.2, 0.25) is 0 Å². The summed E-state index contributed by atoms with van der Waals surface area (Å²) in [4.78, 5) is 31.4. The number of piperazine rings is 2. The summed E-state index contributed by atoms with van der Waals surface area (Å²) in [6.07, 6.45) is 0. The lowest BCUT2D eigenvalue weighted by molar-refractivity contribution is -0.150. The molecule has 6 nitrogen and oxygen atoms in total. The molecule has 0 saturated carbocycles. The fourth-order valence-corrected chi connectivity index (χ4v) is 2.63. The van der Waals surface area contributed by atoms with Gasteiger partial charge in [0.1, 0.15) is 5.82 Å². The van der Waals surface area contributed by atoms with Crippen molar-refractivity contribution in [1.82, 2.24) is 15.2 Å². The number of hydrogen-bond acceptors (Lipinski definition) is 4. The second-order valence-corrected chi connectivity index (χ2v) is 4.95. The van der Waals surface area contributed by atoms with Gasteiger partial charge in [0.15, 0.2) is 0 Å². The SMILES string of the molecule is Cc1cccc(N2CCN3C(=O)C(=O)NC[C@@H]3C2)n1. The number of carbonyl (C=O) groups is 2. The van der Waals surface area contributed by atoms with Crippen LogP contribution in [0, 0.1) is 6.92 Å². The third-order valence-electron chi connectivity index (χ3n) is 3.63. The zero-order valence-corrected chi connectivity index (χ0v) is 10.8. The molecule has 0 unspecified atom stereocenters. The van der Waals surface area contributed by atoms with Gasteiger partial charge in [-0.25, -0.2) is 4.98 Å². The first kappa shape index (κ1) is 12.0. The van der Waals surface area contributed by atoms with E-state index in [0.717, 1.165) is 11.5 Å². The van der Waals surface area contributed by atoms with Crippen LogP contribution in [0.4, 0.5) is 5.82 Å². The topological polar surface area (TPSA) is 65.5 Å². The molecule has 2 aliphatic heterocycles. The maximum atomic E-state index is 11.7. The molecule has 0 spiro atoms. The van der Waals surface area contributed by atoms with Crippen molar-refractivity contribution in [2.75, 3.05) is 31.1 Å². The van der Waals surface area contributed by atoms with Crippen LogP contribution in [-0.2, 0) is 9.59 Å². The summed E-state index contributed by atoms with van der Waals surface area (Å²) >= 11 is 0. The molecular formula is C13H16N4O2. The fraction of sp³-hybridized carbons (Fsp3) is 0.462. The Morgan fingerprint density at radius 1 is 1.32 bits per heavy atom. The third-order valence-corrected chi connectivity index (χ3v) is 3.63. The summed E-state index contributed by atoms with van der Waals surface area (Å²) in [6, 6.07) is 5.97. The van der Waals surface area contributed by atoms with E-state index in [4.69, 9.17) is 0 Å². The van der Waals surface area contributed by atoms with E-state index < -0.39 is 11.8 Å². The minimum atomic E-state index is -0.488. The maximum Gasteiger partial charge on any atom is 0.312 e. The van der Waals surface area contributed by atoms with Gasteiger partial charge in [-0.15, -0.1) is 0 Å². The quantitative estimate of drug-likeness (QED) is 0.694. The monoisotopic (exact) mass is 260 g/mol. The van der Waals surface area contributed by atoms with Crippen LogP contribution >= 0.6 is 0 Å². The van der Waals surface area contributed by atoms with Gasteiger partial charge in [-0.2, -0.15) is 0 Å². The molecule has 3 heterocycles. The van der Waals surface area contributed by atoms with Crippen LogP contribution in [0.25, 0.3) is 0 Å². The highest BCUT2D eigenvalue weighted by molar-refractivity contribution is 6.35. The number of aromatic nitrogens is 1. The highest BCUT2D eigenvalue weighted by atomic mass is 16.2. The van der Waals surface area contributed by atoms with Crippen LogP contribution in [-0.4, -0.2) is 53.9 Å². The van der Waals surface area contributed by atoms with Crippen molar-refractivity contribution in [1.29, 1.82) is 0 Å². The molecule has 100 valence electrons. The summed E-state index contributed by atoms with van der Waals surface area (Å²) in [6.45, 7) is 4.48. The molecule has 1 aromatic heterocycles. The Hall–Kier alpha value is -2.11. The molecule has 0 bridgehead atoms. The standard InChI is InChI=1S/C13H16N4O2/c1-9-3-2-4-11(15-9)16-5-6-17-10(8-16)7-14-12(18)13(17)19/h2-4,10H,5-8H2,1H3,(H,14,18)/t10-/m1/s1. The lowest BCUT2D eigenvalue weighted by Crippen LogP contribution is -2.65. The van der Waals surface area contributed by atoms with Crippen molar-refractivity contribution in [3.63, 3.8) is 0 Å². The molecule has 2 amide bonds. The van der Waals surface area contributed by atoms with Gasteiger partial charge >= 0.3 is 11.8 Å². The van der Waals surface area contributed by atoms with E-state index in [2.05, 4.69) is 15.2 Å².